The molecule has 1 aromatic heterocycles. The lowest BCUT2D eigenvalue weighted by Gasteiger charge is -2.35. The molecule has 0 unspecified atom stereocenters. The van der Waals surface area contributed by atoms with Gasteiger partial charge in [-0.1, -0.05) is 13.0 Å². The van der Waals surface area contributed by atoms with Crippen molar-refractivity contribution in [1.29, 1.82) is 0 Å². The van der Waals surface area contributed by atoms with Crippen LogP contribution in [0.1, 0.15) is 22.2 Å². The topological polar surface area (TPSA) is 66.9 Å². The van der Waals surface area contributed by atoms with E-state index in [1.165, 1.54) is 18.4 Å². The minimum absolute atomic E-state index is 0.377. The third-order valence-electron chi connectivity index (χ3n) is 4.45. The van der Waals surface area contributed by atoms with Gasteiger partial charge >= 0.3 is 5.97 Å². The van der Waals surface area contributed by atoms with E-state index in [0.29, 0.717) is 36.0 Å². The summed E-state index contributed by atoms with van der Waals surface area (Å²) >= 11 is 1.34. The summed E-state index contributed by atoms with van der Waals surface area (Å²) in [5.41, 5.74) is 1.39. The normalized spacial score (nSPS) is 15.8. The highest BCUT2D eigenvalue weighted by atomic mass is 32.2. The van der Waals surface area contributed by atoms with E-state index in [1.807, 2.05) is 25.1 Å². The van der Waals surface area contributed by atoms with Crippen LogP contribution in [0.4, 0.5) is 5.69 Å². The monoisotopic (exact) mass is 394 g/mol. The second-order valence-corrected chi connectivity index (χ2v) is 9.34. The van der Waals surface area contributed by atoms with Gasteiger partial charge in [0.15, 0.2) is 0 Å². The minimum atomic E-state index is -3.43. The second-order valence-electron chi connectivity index (χ2n) is 6.01. The van der Waals surface area contributed by atoms with Gasteiger partial charge in [0.05, 0.1) is 12.7 Å². The number of rotatable bonds is 5. The van der Waals surface area contributed by atoms with Gasteiger partial charge in [-0.05, 0) is 36.8 Å². The molecule has 0 spiro atoms. The van der Waals surface area contributed by atoms with Crippen LogP contribution in [0.5, 0.6) is 0 Å². The minimum Gasteiger partial charge on any atom is -0.465 e. The lowest BCUT2D eigenvalue weighted by Crippen LogP contribution is -2.48. The predicted molar refractivity (Wildman–Crippen MR) is 102 cm³/mol. The van der Waals surface area contributed by atoms with E-state index in [0.717, 1.165) is 17.0 Å². The van der Waals surface area contributed by atoms with Crippen molar-refractivity contribution in [2.24, 2.45) is 0 Å². The maximum Gasteiger partial charge on any atom is 0.337 e. The summed E-state index contributed by atoms with van der Waals surface area (Å²) in [5, 5.41) is 0. The Labute approximate surface area is 158 Å². The molecule has 0 amide bonds. The van der Waals surface area contributed by atoms with Gasteiger partial charge in [0, 0.05) is 36.7 Å². The molecular weight excluding hydrogens is 372 g/mol. The lowest BCUT2D eigenvalue weighted by molar-refractivity contribution is 0.0600. The third kappa shape index (κ3) is 3.77. The Bertz CT molecular complexity index is 884. The lowest BCUT2D eigenvalue weighted by atomic mass is 10.2. The molecule has 1 aliphatic rings. The van der Waals surface area contributed by atoms with Crippen molar-refractivity contribution in [3.63, 3.8) is 0 Å². The van der Waals surface area contributed by atoms with Crippen LogP contribution in [0.2, 0.25) is 0 Å². The summed E-state index contributed by atoms with van der Waals surface area (Å²) in [6.07, 6.45) is 0.838. The van der Waals surface area contributed by atoms with Crippen LogP contribution >= 0.6 is 11.3 Å². The number of aryl methyl sites for hydroxylation is 1. The summed E-state index contributed by atoms with van der Waals surface area (Å²) in [6, 6.07) is 10.8. The first-order chi connectivity index (χ1) is 12.5. The molecule has 0 radical (unpaired) electrons. The first kappa shape index (κ1) is 18.9. The van der Waals surface area contributed by atoms with Crippen LogP contribution in [0.3, 0.4) is 0 Å². The molecule has 2 aromatic rings. The van der Waals surface area contributed by atoms with Gasteiger partial charge in [-0.25, -0.2) is 13.2 Å². The maximum atomic E-state index is 12.8. The van der Waals surface area contributed by atoms with Gasteiger partial charge in [0.25, 0.3) is 10.0 Å². The van der Waals surface area contributed by atoms with Gasteiger partial charge in [0.1, 0.15) is 4.21 Å². The first-order valence-corrected chi connectivity index (χ1v) is 10.7. The number of sulfonamides is 1. The number of anilines is 1. The molecule has 1 fully saturated rings. The van der Waals surface area contributed by atoms with E-state index in [-0.39, 0.29) is 5.97 Å². The van der Waals surface area contributed by atoms with E-state index in [2.05, 4.69) is 4.90 Å². The summed E-state index contributed by atoms with van der Waals surface area (Å²) in [6.45, 7) is 4.02. The molecule has 6 nitrogen and oxygen atoms in total. The summed E-state index contributed by atoms with van der Waals surface area (Å²) < 4.78 is 32.3. The largest absolute Gasteiger partial charge is 0.465 e. The molecule has 1 saturated heterocycles. The van der Waals surface area contributed by atoms with Crippen LogP contribution in [0.15, 0.2) is 40.6 Å². The average molecular weight is 395 g/mol. The fraction of sp³-hybridized carbons (Fsp3) is 0.389. The van der Waals surface area contributed by atoms with Crippen molar-refractivity contribution in [2.45, 2.75) is 17.6 Å². The summed E-state index contributed by atoms with van der Waals surface area (Å²) in [5.74, 6) is -0.377. The molecule has 0 saturated carbocycles. The summed E-state index contributed by atoms with van der Waals surface area (Å²) in [7, 11) is -2.08. The van der Waals surface area contributed by atoms with Gasteiger partial charge in [0.2, 0.25) is 0 Å². The van der Waals surface area contributed by atoms with Crippen molar-refractivity contribution in [3.8, 4) is 0 Å². The Morgan fingerprint density at radius 1 is 1.15 bits per heavy atom. The van der Waals surface area contributed by atoms with Crippen LogP contribution < -0.4 is 4.90 Å². The number of methoxy groups -OCH3 is 1. The van der Waals surface area contributed by atoms with E-state index < -0.39 is 10.0 Å². The van der Waals surface area contributed by atoms with E-state index in [1.54, 1.807) is 22.5 Å². The molecular formula is C18H22N2O4S2. The fourth-order valence-corrected chi connectivity index (χ4v) is 5.82. The zero-order valence-electron chi connectivity index (χ0n) is 14.8. The SMILES string of the molecule is CCc1ccc(S(=O)(=O)N2CCN(c3cccc(C(=O)OC)c3)CC2)s1. The second kappa shape index (κ2) is 7.77. The van der Waals surface area contributed by atoms with Gasteiger partial charge < -0.3 is 9.64 Å². The Hall–Kier alpha value is -1.90. The van der Waals surface area contributed by atoms with Crippen LogP contribution in [-0.4, -0.2) is 52.0 Å². The van der Waals surface area contributed by atoms with E-state index in [4.69, 9.17) is 4.74 Å². The smallest absolute Gasteiger partial charge is 0.337 e. The van der Waals surface area contributed by atoms with Crippen LogP contribution in [0.25, 0.3) is 0 Å². The molecule has 0 atom stereocenters. The standard InChI is InChI=1S/C18H22N2O4S2/c1-3-16-7-8-17(25-16)26(22,23)20-11-9-19(10-12-20)15-6-4-5-14(13-15)18(21)24-2/h4-8,13H,3,9-12H2,1-2H3. The molecule has 0 N–H and O–H groups in total. The number of carbonyl (C=O) groups is 1. The van der Waals surface area contributed by atoms with E-state index in [9.17, 15) is 13.2 Å². The number of esters is 1. The zero-order valence-corrected chi connectivity index (χ0v) is 16.5. The zero-order chi connectivity index (χ0) is 18.7. The van der Waals surface area contributed by atoms with Crippen molar-refractivity contribution in [3.05, 3.63) is 46.8 Å². The Morgan fingerprint density at radius 2 is 1.88 bits per heavy atom. The number of hydrogen-bond donors (Lipinski definition) is 0. The molecule has 3 rings (SSSR count). The fourth-order valence-electron chi connectivity index (χ4n) is 2.95. The third-order valence-corrected chi connectivity index (χ3v) is 8.05. The predicted octanol–water partition coefficient (Wildman–Crippen LogP) is 2.61. The number of piperazine rings is 1. The molecule has 0 aliphatic carbocycles. The van der Waals surface area contributed by atoms with Crippen molar-refractivity contribution in [2.75, 3.05) is 38.2 Å². The van der Waals surface area contributed by atoms with Crippen molar-refractivity contribution in [1.82, 2.24) is 4.31 Å². The highest BCUT2D eigenvalue weighted by Crippen LogP contribution is 2.27. The van der Waals surface area contributed by atoms with Crippen molar-refractivity contribution >= 4 is 33.0 Å². The van der Waals surface area contributed by atoms with Crippen LogP contribution in [-0.2, 0) is 21.2 Å². The molecule has 1 aliphatic heterocycles. The highest BCUT2D eigenvalue weighted by molar-refractivity contribution is 7.91. The number of nitrogens with zero attached hydrogens (tertiary/aromatic N) is 2. The molecule has 26 heavy (non-hydrogen) atoms. The highest BCUT2D eigenvalue weighted by Gasteiger charge is 2.29. The number of hydrogen-bond acceptors (Lipinski definition) is 6. The quantitative estimate of drug-likeness (QED) is 0.730. The van der Waals surface area contributed by atoms with Crippen molar-refractivity contribution < 1.29 is 17.9 Å². The van der Waals surface area contributed by atoms with Gasteiger partial charge in [-0.3, -0.25) is 0 Å². The Kier molecular flexibility index (Phi) is 5.64. The molecule has 2 heterocycles. The molecule has 140 valence electrons. The summed E-state index contributed by atoms with van der Waals surface area (Å²) in [4.78, 5) is 14.8. The molecule has 8 heteroatoms. The maximum absolute atomic E-state index is 12.8. The average Bonchev–Trinajstić information content (AvgIpc) is 3.18. The van der Waals surface area contributed by atoms with Gasteiger partial charge in [-0.15, -0.1) is 11.3 Å². The van der Waals surface area contributed by atoms with Gasteiger partial charge in [-0.2, -0.15) is 4.31 Å². The number of carbonyl (C=O) groups excluding carboxylic acids is 1. The number of benzene rings is 1. The Balaban J connectivity index is 1.70. The first-order valence-electron chi connectivity index (χ1n) is 8.48. The number of thiophene rings is 1. The van der Waals surface area contributed by atoms with E-state index >= 15 is 0 Å². The van der Waals surface area contributed by atoms with Crippen LogP contribution in [0, 0.1) is 0 Å². The Morgan fingerprint density at radius 3 is 2.50 bits per heavy atom. The molecule has 1 aromatic carbocycles. The molecule has 0 bridgehead atoms. The number of ether oxygens (including phenoxy) is 1.